The van der Waals surface area contributed by atoms with Gasteiger partial charge in [-0.2, -0.15) is 5.10 Å². The predicted octanol–water partition coefficient (Wildman–Crippen LogP) is 2.48. The number of aromatic hydroxyl groups is 1. The van der Waals surface area contributed by atoms with E-state index in [-0.39, 0.29) is 5.75 Å². The quantitative estimate of drug-likeness (QED) is 0.495. The van der Waals surface area contributed by atoms with E-state index >= 15 is 0 Å². The van der Waals surface area contributed by atoms with E-state index in [0.717, 1.165) is 24.4 Å². The number of nitrogens with zero attached hydrogens (tertiary/aromatic N) is 2. The fourth-order valence-corrected chi connectivity index (χ4v) is 2.37. The number of hydrogen-bond donors (Lipinski definition) is 2. The highest BCUT2D eigenvalue weighted by molar-refractivity contribution is 7.80. The Balaban J connectivity index is 1.98. The maximum atomic E-state index is 9.74. The Hall–Kier alpha value is -1.62. The van der Waals surface area contributed by atoms with Crippen molar-refractivity contribution in [2.24, 2.45) is 5.10 Å². The van der Waals surface area contributed by atoms with Crippen molar-refractivity contribution in [3.05, 3.63) is 29.8 Å². The van der Waals surface area contributed by atoms with Gasteiger partial charge in [0.1, 0.15) is 5.75 Å². The molecule has 1 saturated heterocycles. The molecule has 0 unspecified atom stereocenters. The second kappa shape index (κ2) is 6.52. The first-order valence-corrected chi connectivity index (χ1v) is 6.97. The number of para-hydroxylation sites is 1. The molecule has 1 aromatic carbocycles. The van der Waals surface area contributed by atoms with E-state index in [2.05, 4.69) is 15.4 Å². The van der Waals surface area contributed by atoms with Crippen LogP contribution in [0, 0.1) is 0 Å². The topological polar surface area (TPSA) is 47.9 Å². The molecule has 2 N–H and O–H groups in total. The molecule has 1 aromatic rings. The van der Waals surface area contributed by atoms with Gasteiger partial charge in [-0.3, -0.25) is 5.43 Å². The van der Waals surface area contributed by atoms with Crippen LogP contribution in [-0.4, -0.2) is 33.9 Å². The summed E-state index contributed by atoms with van der Waals surface area (Å²) < 4.78 is 0. The van der Waals surface area contributed by atoms with Gasteiger partial charge in [0, 0.05) is 18.7 Å². The van der Waals surface area contributed by atoms with Crippen LogP contribution >= 0.6 is 12.2 Å². The van der Waals surface area contributed by atoms with Gasteiger partial charge in [-0.05, 0) is 50.5 Å². The molecular weight excluding hydrogens is 258 g/mol. The average molecular weight is 277 g/mol. The van der Waals surface area contributed by atoms with Gasteiger partial charge in [0.2, 0.25) is 0 Å². The average Bonchev–Trinajstić information content (AvgIpc) is 2.46. The van der Waals surface area contributed by atoms with Crippen LogP contribution in [-0.2, 0) is 0 Å². The lowest BCUT2D eigenvalue weighted by Crippen LogP contribution is -2.40. The maximum absolute atomic E-state index is 9.74. The van der Waals surface area contributed by atoms with Crippen molar-refractivity contribution in [1.82, 2.24) is 10.3 Å². The van der Waals surface area contributed by atoms with Crippen molar-refractivity contribution in [3.63, 3.8) is 0 Å². The van der Waals surface area contributed by atoms with E-state index in [9.17, 15) is 5.11 Å². The van der Waals surface area contributed by atoms with Gasteiger partial charge in [0.05, 0.1) is 5.71 Å². The van der Waals surface area contributed by atoms with Gasteiger partial charge < -0.3 is 10.0 Å². The molecule has 0 aromatic heterocycles. The fourth-order valence-electron chi connectivity index (χ4n) is 2.14. The number of thiocarbonyl (C=S) groups is 1. The summed E-state index contributed by atoms with van der Waals surface area (Å²) in [6.07, 6.45) is 3.65. The van der Waals surface area contributed by atoms with E-state index in [1.54, 1.807) is 12.1 Å². The molecule has 5 heteroatoms. The van der Waals surface area contributed by atoms with Crippen molar-refractivity contribution in [3.8, 4) is 5.75 Å². The summed E-state index contributed by atoms with van der Waals surface area (Å²) in [4.78, 5) is 2.14. The Morgan fingerprint density at radius 2 is 1.95 bits per heavy atom. The third kappa shape index (κ3) is 3.67. The minimum Gasteiger partial charge on any atom is -0.507 e. The van der Waals surface area contributed by atoms with Gasteiger partial charge in [-0.15, -0.1) is 0 Å². The van der Waals surface area contributed by atoms with Crippen LogP contribution < -0.4 is 5.43 Å². The van der Waals surface area contributed by atoms with Crippen LogP contribution in [0.3, 0.4) is 0 Å². The highest BCUT2D eigenvalue weighted by atomic mass is 32.1. The summed E-state index contributed by atoms with van der Waals surface area (Å²) in [5.41, 5.74) is 4.35. The number of nitrogens with one attached hydrogen (secondary N) is 1. The Labute approximate surface area is 119 Å². The minimum atomic E-state index is 0.231. The Morgan fingerprint density at radius 1 is 1.26 bits per heavy atom. The number of rotatable bonds is 2. The third-order valence-electron chi connectivity index (χ3n) is 3.26. The largest absolute Gasteiger partial charge is 0.507 e. The first-order valence-electron chi connectivity index (χ1n) is 6.56. The smallest absolute Gasteiger partial charge is 0.189 e. The first kappa shape index (κ1) is 13.8. The van der Waals surface area contributed by atoms with Crippen LogP contribution in [0.25, 0.3) is 0 Å². The van der Waals surface area contributed by atoms with Crippen molar-refractivity contribution < 1.29 is 5.11 Å². The first-order chi connectivity index (χ1) is 9.18. The number of piperidine rings is 1. The predicted molar refractivity (Wildman–Crippen MR) is 81.5 cm³/mol. The highest BCUT2D eigenvalue weighted by Gasteiger charge is 2.12. The molecule has 0 spiro atoms. The zero-order valence-corrected chi connectivity index (χ0v) is 11.9. The van der Waals surface area contributed by atoms with Crippen LogP contribution in [0.2, 0.25) is 0 Å². The van der Waals surface area contributed by atoms with Crippen LogP contribution in [0.4, 0.5) is 0 Å². The molecule has 0 atom stereocenters. The molecule has 102 valence electrons. The van der Waals surface area contributed by atoms with E-state index in [4.69, 9.17) is 12.2 Å². The normalized spacial score (nSPS) is 16.3. The summed E-state index contributed by atoms with van der Waals surface area (Å²) in [5, 5.41) is 14.7. The second-order valence-electron chi connectivity index (χ2n) is 4.68. The lowest BCUT2D eigenvalue weighted by Gasteiger charge is -2.28. The van der Waals surface area contributed by atoms with E-state index < -0.39 is 0 Å². The van der Waals surface area contributed by atoms with Gasteiger partial charge in [0.25, 0.3) is 0 Å². The lowest BCUT2D eigenvalue weighted by atomic mass is 10.1. The highest BCUT2D eigenvalue weighted by Crippen LogP contribution is 2.16. The van der Waals surface area contributed by atoms with E-state index in [1.807, 2.05) is 19.1 Å². The Morgan fingerprint density at radius 3 is 2.63 bits per heavy atom. The monoisotopic (exact) mass is 277 g/mol. The van der Waals surface area contributed by atoms with Crippen LogP contribution in [0.5, 0.6) is 5.75 Å². The SMILES string of the molecule is C/C(=N/NC(=S)N1CCCCC1)c1ccccc1O. The number of hydrazone groups is 1. The number of phenolic OH excluding ortho intramolecular Hbond substituents is 1. The summed E-state index contributed by atoms with van der Waals surface area (Å²) in [5.74, 6) is 0.231. The van der Waals surface area contributed by atoms with Crippen molar-refractivity contribution >= 4 is 23.0 Å². The minimum absolute atomic E-state index is 0.231. The number of benzene rings is 1. The molecule has 2 rings (SSSR count). The molecule has 1 fully saturated rings. The van der Waals surface area contributed by atoms with E-state index in [1.165, 1.54) is 19.3 Å². The molecule has 0 aliphatic carbocycles. The van der Waals surface area contributed by atoms with Crippen molar-refractivity contribution in [2.75, 3.05) is 13.1 Å². The second-order valence-corrected chi connectivity index (χ2v) is 5.07. The van der Waals surface area contributed by atoms with Gasteiger partial charge in [-0.1, -0.05) is 12.1 Å². The summed E-state index contributed by atoms with van der Waals surface area (Å²) >= 11 is 5.32. The molecule has 0 saturated carbocycles. The van der Waals surface area contributed by atoms with Gasteiger partial charge >= 0.3 is 0 Å². The van der Waals surface area contributed by atoms with Crippen LogP contribution in [0.1, 0.15) is 31.7 Å². The molecule has 0 amide bonds. The standard InChI is InChI=1S/C14H19N3OS/c1-11(12-7-3-4-8-13(12)18)15-16-14(19)17-9-5-2-6-10-17/h3-4,7-8,18H,2,5-6,9-10H2,1H3,(H,16,19)/b15-11-. The molecule has 19 heavy (non-hydrogen) atoms. The molecule has 1 aliphatic heterocycles. The zero-order valence-electron chi connectivity index (χ0n) is 11.1. The molecule has 1 heterocycles. The number of hydrogen-bond acceptors (Lipinski definition) is 3. The summed E-state index contributed by atoms with van der Waals surface area (Å²) in [6, 6.07) is 7.14. The van der Waals surface area contributed by atoms with Gasteiger partial charge in [-0.25, -0.2) is 0 Å². The Kier molecular flexibility index (Phi) is 4.74. The molecule has 0 radical (unpaired) electrons. The number of phenols is 1. The number of likely N-dealkylation sites (tertiary alicyclic amines) is 1. The third-order valence-corrected chi connectivity index (χ3v) is 3.61. The van der Waals surface area contributed by atoms with Crippen molar-refractivity contribution in [1.29, 1.82) is 0 Å². The molecule has 4 nitrogen and oxygen atoms in total. The Bertz CT molecular complexity index is 481. The summed E-state index contributed by atoms with van der Waals surface area (Å²) in [6.45, 7) is 3.84. The molecule has 0 bridgehead atoms. The molecule has 1 aliphatic rings. The van der Waals surface area contributed by atoms with Gasteiger partial charge in [0.15, 0.2) is 5.11 Å². The van der Waals surface area contributed by atoms with E-state index in [0.29, 0.717) is 5.11 Å². The fraction of sp³-hybridized carbons (Fsp3) is 0.429. The lowest BCUT2D eigenvalue weighted by molar-refractivity contribution is 0.338. The molecular formula is C14H19N3OS. The van der Waals surface area contributed by atoms with Crippen molar-refractivity contribution in [2.45, 2.75) is 26.2 Å². The summed E-state index contributed by atoms with van der Waals surface area (Å²) in [7, 11) is 0. The maximum Gasteiger partial charge on any atom is 0.189 e. The van der Waals surface area contributed by atoms with Crippen LogP contribution in [0.15, 0.2) is 29.4 Å². The zero-order chi connectivity index (χ0) is 13.7.